The molecule has 20 heavy (non-hydrogen) atoms. The molecule has 106 valence electrons. The lowest BCUT2D eigenvalue weighted by molar-refractivity contribution is 0.205. The molecule has 0 fully saturated rings. The molecule has 1 atom stereocenters. The van der Waals surface area contributed by atoms with Crippen LogP contribution < -0.4 is 4.74 Å². The minimum atomic E-state index is -0.684. The fourth-order valence-corrected chi connectivity index (χ4v) is 2.97. The van der Waals surface area contributed by atoms with Crippen LogP contribution in [0.5, 0.6) is 5.75 Å². The fourth-order valence-electron chi connectivity index (χ4n) is 2.97. The van der Waals surface area contributed by atoms with Crippen LogP contribution in [-0.4, -0.2) is 21.5 Å². The van der Waals surface area contributed by atoms with Gasteiger partial charge in [-0.25, -0.2) is 0 Å². The van der Waals surface area contributed by atoms with Gasteiger partial charge in [-0.15, -0.1) is 0 Å². The molecule has 0 amide bonds. The van der Waals surface area contributed by atoms with Crippen LogP contribution in [0, 0.1) is 13.8 Å². The van der Waals surface area contributed by atoms with Crippen molar-refractivity contribution in [2.45, 2.75) is 32.8 Å². The van der Waals surface area contributed by atoms with Gasteiger partial charge in [0, 0.05) is 23.9 Å². The summed E-state index contributed by atoms with van der Waals surface area (Å²) >= 11 is 0. The van der Waals surface area contributed by atoms with E-state index in [0.717, 1.165) is 47.7 Å². The first-order valence-electron chi connectivity index (χ1n) is 7.02. The van der Waals surface area contributed by atoms with Crippen molar-refractivity contribution >= 4 is 0 Å². The molecule has 0 spiro atoms. The van der Waals surface area contributed by atoms with Gasteiger partial charge < -0.3 is 9.84 Å². The second kappa shape index (κ2) is 4.94. The molecule has 0 radical (unpaired) electrons. The van der Waals surface area contributed by atoms with Crippen LogP contribution in [0.2, 0.25) is 0 Å². The van der Waals surface area contributed by atoms with E-state index in [1.54, 1.807) is 0 Å². The maximum Gasteiger partial charge on any atom is 0.128 e. The Morgan fingerprint density at radius 2 is 2.15 bits per heavy atom. The van der Waals surface area contributed by atoms with Crippen LogP contribution in [0.3, 0.4) is 0 Å². The number of hydrogen-bond donors (Lipinski definition) is 1. The number of nitrogens with zero attached hydrogens (tertiary/aromatic N) is 2. The molecular weight excluding hydrogens is 252 g/mol. The minimum absolute atomic E-state index is 0.684. The largest absolute Gasteiger partial charge is 0.493 e. The molecule has 4 heteroatoms. The standard InChI is InChI=1S/C16H20N2O2/c1-10-14(11(2)18(3)17-10)15(19)13-8-4-6-12-7-5-9-20-16(12)13/h4,6,8,15,19H,5,7,9H2,1-3H3. The Morgan fingerprint density at radius 1 is 1.35 bits per heavy atom. The van der Waals surface area contributed by atoms with Gasteiger partial charge in [-0.1, -0.05) is 18.2 Å². The Kier molecular flexibility index (Phi) is 3.26. The molecule has 0 bridgehead atoms. The Balaban J connectivity index is 2.09. The number of para-hydroxylation sites is 1. The van der Waals surface area contributed by atoms with Gasteiger partial charge in [-0.05, 0) is 32.3 Å². The highest BCUT2D eigenvalue weighted by molar-refractivity contribution is 5.48. The number of ether oxygens (including phenoxy) is 1. The molecule has 1 aromatic carbocycles. The van der Waals surface area contributed by atoms with Gasteiger partial charge >= 0.3 is 0 Å². The van der Waals surface area contributed by atoms with E-state index >= 15 is 0 Å². The number of benzene rings is 1. The monoisotopic (exact) mass is 272 g/mol. The lowest BCUT2D eigenvalue weighted by Gasteiger charge is -2.23. The van der Waals surface area contributed by atoms with E-state index in [1.165, 1.54) is 5.56 Å². The molecule has 1 aliphatic heterocycles. The highest BCUT2D eigenvalue weighted by Gasteiger charge is 2.25. The van der Waals surface area contributed by atoms with E-state index in [-0.39, 0.29) is 0 Å². The smallest absolute Gasteiger partial charge is 0.128 e. The van der Waals surface area contributed by atoms with Crippen LogP contribution >= 0.6 is 0 Å². The second-order valence-corrected chi connectivity index (χ2v) is 5.40. The van der Waals surface area contributed by atoms with Crippen molar-refractivity contribution in [2.24, 2.45) is 7.05 Å². The van der Waals surface area contributed by atoms with E-state index in [0.29, 0.717) is 0 Å². The van der Waals surface area contributed by atoms with Gasteiger partial charge in [0.05, 0.1) is 12.3 Å². The number of fused-ring (bicyclic) bond motifs is 1. The molecule has 0 aliphatic carbocycles. The Hall–Kier alpha value is -1.81. The molecule has 0 saturated heterocycles. The first kappa shape index (κ1) is 13.2. The lowest BCUT2D eigenvalue weighted by atomic mass is 9.94. The van der Waals surface area contributed by atoms with E-state index in [9.17, 15) is 5.11 Å². The molecule has 1 unspecified atom stereocenters. The minimum Gasteiger partial charge on any atom is -0.493 e. The molecule has 4 nitrogen and oxygen atoms in total. The number of rotatable bonds is 2. The van der Waals surface area contributed by atoms with Crippen molar-refractivity contribution in [1.29, 1.82) is 0 Å². The zero-order valence-corrected chi connectivity index (χ0v) is 12.2. The van der Waals surface area contributed by atoms with Crippen LogP contribution in [0.4, 0.5) is 0 Å². The van der Waals surface area contributed by atoms with Gasteiger partial charge in [-0.2, -0.15) is 5.10 Å². The third-order valence-electron chi connectivity index (χ3n) is 4.10. The molecule has 2 heterocycles. The van der Waals surface area contributed by atoms with Crippen LogP contribution in [0.15, 0.2) is 18.2 Å². The third-order valence-corrected chi connectivity index (χ3v) is 4.10. The predicted molar refractivity (Wildman–Crippen MR) is 77.0 cm³/mol. The van der Waals surface area contributed by atoms with E-state index in [1.807, 2.05) is 37.7 Å². The summed E-state index contributed by atoms with van der Waals surface area (Å²) in [5, 5.41) is 15.2. The number of aryl methyl sites for hydroxylation is 3. The molecule has 1 aliphatic rings. The molecule has 1 N–H and O–H groups in total. The summed E-state index contributed by atoms with van der Waals surface area (Å²) in [6, 6.07) is 6.02. The first-order chi connectivity index (χ1) is 9.59. The van der Waals surface area contributed by atoms with Crippen molar-refractivity contribution in [3.8, 4) is 5.75 Å². The van der Waals surface area contributed by atoms with Crippen LogP contribution in [-0.2, 0) is 13.5 Å². The summed E-state index contributed by atoms with van der Waals surface area (Å²) in [5.74, 6) is 0.855. The average molecular weight is 272 g/mol. The highest BCUT2D eigenvalue weighted by Crippen LogP contribution is 2.37. The van der Waals surface area contributed by atoms with Crippen LogP contribution in [0.25, 0.3) is 0 Å². The third kappa shape index (κ3) is 2.00. The van der Waals surface area contributed by atoms with Crippen molar-refractivity contribution in [3.63, 3.8) is 0 Å². The maximum absolute atomic E-state index is 10.8. The van der Waals surface area contributed by atoms with Crippen molar-refractivity contribution in [2.75, 3.05) is 6.61 Å². The van der Waals surface area contributed by atoms with Crippen LogP contribution in [0.1, 0.15) is 40.6 Å². The average Bonchev–Trinajstić information content (AvgIpc) is 2.71. The highest BCUT2D eigenvalue weighted by atomic mass is 16.5. The topological polar surface area (TPSA) is 47.3 Å². The van der Waals surface area contributed by atoms with Crippen molar-refractivity contribution in [3.05, 3.63) is 46.3 Å². The number of hydrogen-bond acceptors (Lipinski definition) is 3. The Bertz CT molecular complexity index is 646. The summed E-state index contributed by atoms with van der Waals surface area (Å²) in [5.41, 5.74) is 4.78. The van der Waals surface area contributed by atoms with Gasteiger partial charge in [-0.3, -0.25) is 4.68 Å². The summed E-state index contributed by atoms with van der Waals surface area (Å²) < 4.78 is 7.61. The van der Waals surface area contributed by atoms with Gasteiger partial charge in [0.25, 0.3) is 0 Å². The zero-order valence-electron chi connectivity index (χ0n) is 12.2. The number of aliphatic hydroxyl groups is 1. The quantitative estimate of drug-likeness (QED) is 0.913. The van der Waals surface area contributed by atoms with Crippen molar-refractivity contribution in [1.82, 2.24) is 9.78 Å². The Labute approximate surface area is 119 Å². The van der Waals surface area contributed by atoms with Crippen molar-refractivity contribution < 1.29 is 9.84 Å². The second-order valence-electron chi connectivity index (χ2n) is 5.40. The molecule has 1 aromatic heterocycles. The summed E-state index contributed by atoms with van der Waals surface area (Å²) in [7, 11) is 1.90. The molecule has 0 saturated carbocycles. The molecule has 3 rings (SSSR count). The van der Waals surface area contributed by atoms with Gasteiger partial charge in [0.2, 0.25) is 0 Å². The van der Waals surface area contributed by atoms with E-state index in [2.05, 4.69) is 11.2 Å². The normalized spacial score (nSPS) is 15.6. The predicted octanol–water partition coefficient (Wildman–Crippen LogP) is 2.44. The summed E-state index contributed by atoms with van der Waals surface area (Å²) in [6.45, 7) is 4.64. The summed E-state index contributed by atoms with van der Waals surface area (Å²) in [6.07, 6.45) is 1.37. The van der Waals surface area contributed by atoms with E-state index < -0.39 is 6.10 Å². The Morgan fingerprint density at radius 3 is 2.85 bits per heavy atom. The number of aliphatic hydroxyl groups excluding tert-OH is 1. The van der Waals surface area contributed by atoms with Gasteiger partial charge in [0.1, 0.15) is 11.9 Å². The molecular formula is C16H20N2O2. The summed E-state index contributed by atoms with van der Waals surface area (Å²) in [4.78, 5) is 0. The van der Waals surface area contributed by atoms with E-state index in [4.69, 9.17) is 4.74 Å². The van der Waals surface area contributed by atoms with Gasteiger partial charge in [0.15, 0.2) is 0 Å². The molecule has 2 aromatic rings. The maximum atomic E-state index is 10.8. The zero-order chi connectivity index (χ0) is 14.3. The lowest BCUT2D eigenvalue weighted by Crippen LogP contribution is -2.13. The first-order valence-corrected chi connectivity index (χ1v) is 7.02. The number of aromatic nitrogens is 2. The SMILES string of the molecule is Cc1nn(C)c(C)c1C(O)c1cccc2c1OCCC2. The fraction of sp³-hybridized carbons (Fsp3) is 0.438.